The summed E-state index contributed by atoms with van der Waals surface area (Å²) < 4.78 is 0. The zero-order valence-electron chi connectivity index (χ0n) is 13.5. The summed E-state index contributed by atoms with van der Waals surface area (Å²) in [6, 6.07) is 8.98. The van der Waals surface area contributed by atoms with E-state index in [0.717, 1.165) is 29.7 Å². The normalized spacial score (nSPS) is 17.2. The molecule has 2 aromatic heterocycles. The lowest BCUT2D eigenvalue weighted by atomic mass is 9.99. The van der Waals surface area contributed by atoms with Crippen molar-refractivity contribution in [2.45, 2.75) is 25.8 Å². The Morgan fingerprint density at radius 2 is 2.17 bits per heavy atom. The second-order valence-electron chi connectivity index (χ2n) is 5.93. The van der Waals surface area contributed by atoms with Crippen LogP contribution in [0.25, 0.3) is 0 Å². The first-order valence-electron chi connectivity index (χ1n) is 8.12. The Bertz CT molecular complexity index is 818. The van der Waals surface area contributed by atoms with E-state index in [2.05, 4.69) is 51.4 Å². The summed E-state index contributed by atoms with van der Waals surface area (Å²) >= 11 is 1.55. The number of hydrogen-bond donors (Lipinski definition) is 1. The van der Waals surface area contributed by atoms with Crippen LogP contribution in [0, 0.1) is 6.92 Å². The molecule has 1 N–H and O–H groups in total. The van der Waals surface area contributed by atoms with E-state index in [4.69, 9.17) is 4.98 Å². The van der Waals surface area contributed by atoms with E-state index < -0.39 is 0 Å². The van der Waals surface area contributed by atoms with Gasteiger partial charge < -0.3 is 10.2 Å². The fourth-order valence-electron chi connectivity index (χ4n) is 3.27. The summed E-state index contributed by atoms with van der Waals surface area (Å²) in [7, 11) is 0. The molecule has 1 aromatic carbocycles. The molecule has 0 saturated carbocycles. The number of thiazole rings is 1. The Hall–Kier alpha value is -2.47. The van der Waals surface area contributed by atoms with E-state index in [-0.39, 0.29) is 0 Å². The minimum Gasteiger partial charge on any atom is -0.348 e. The molecule has 1 atom stereocenters. The van der Waals surface area contributed by atoms with E-state index in [9.17, 15) is 0 Å². The molecule has 0 radical (unpaired) electrons. The fourth-order valence-corrected chi connectivity index (χ4v) is 3.81. The molecule has 1 aliphatic heterocycles. The molecule has 1 saturated heterocycles. The minimum absolute atomic E-state index is 0.371. The smallest absolute Gasteiger partial charge is 0.188 e. The fraction of sp³-hybridized carbons (Fsp3) is 0.278. The molecule has 0 spiro atoms. The average Bonchev–Trinajstić information content (AvgIpc) is 3.27. The number of benzene rings is 1. The summed E-state index contributed by atoms with van der Waals surface area (Å²) in [6.07, 6.45) is 7.69. The Morgan fingerprint density at radius 1 is 1.25 bits per heavy atom. The van der Waals surface area contributed by atoms with Crippen LogP contribution in [0.3, 0.4) is 0 Å². The van der Waals surface area contributed by atoms with Crippen LogP contribution in [0.4, 0.5) is 16.8 Å². The Kier molecular flexibility index (Phi) is 4.13. The molecule has 24 heavy (non-hydrogen) atoms. The number of nitrogens with one attached hydrogen (secondary N) is 1. The van der Waals surface area contributed by atoms with Crippen LogP contribution in [0.15, 0.2) is 48.2 Å². The highest BCUT2D eigenvalue weighted by atomic mass is 32.1. The Labute approximate surface area is 145 Å². The van der Waals surface area contributed by atoms with Gasteiger partial charge in [0, 0.05) is 18.1 Å². The highest BCUT2D eigenvalue weighted by Crippen LogP contribution is 2.36. The van der Waals surface area contributed by atoms with E-state index in [0.29, 0.717) is 6.04 Å². The molecular formula is C18H19N5S. The predicted molar refractivity (Wildman–Crippen MR) is 97.9 cm³/mol. The van der Waals surface area contributed by atoms with E-state index in [1.807, 2.05) is 11.6 Å². The predicted octanol–water partition coefficient (Wildman–Crippen LogP) is 4.33. The number of anilines is 3. The van der Waals surface area contributed by atoms with Gasteiger partial charge in [0.25, 0.3) is 0 Å². The molecular weight excluding hydrogens is 318 g/mol. The highest BCUT2D eigenvalue weighted by Gasteiger charge is 2.28. The monoisotopic (exact) mass is 337 g/mol. The summed E-state index contributed by atoms with van der Waals surface area (Å²) in [5.41, 5.74) is 2.72. The first-order chi connectivity index (χ1) is 11.8. The standard InChI is InChI=1S/C18H19N5S/c1-13-5-2-3-6-14(13)15-7-4-9-23(15)17-12-19-11-16(21-17)22-18-20-8-10-24-18/h2-3,5-6,8,10-12,15H,4,7,9H2,1H3,(H,20,21,22). The van der Waals surface area contributed by atoms with Gasteiger partial charge >= 0.3 is 0 Å². The average molecular weight is 337 g/mol. The van der Waals surface area contributed by atoms with Crippen molar-refractivity contribution in [1.29, 1.82) is 0 Å². The summed E-state index contributed by atoms with van der Waals surface area (Å²) in [5, 5.41) is 5.99. The molecule has 122 valence electrons. The molecule has 1 aliphatic rings. The van der Waals surface area contributed by atoms with Gasteiger partial charge in [0.05, 0.1) is 18.4 Å². The van der Waals surface area contributed by atoms with Crippen molar-refractivity contribution in [1.82, 2.24) is 15.0 Å². The largest absolute Gasteiger partial charge is 0.348 e. The van der Waals surface area contributed by atoms with Crippen molar-refractivity contribution in [3.05, 3.63) is 59.4 Å². The van der Waals surface area contributed by atoms with Gasteiger partial charge in [-0.2, -0.15) is 0 Å². The SMILES string of the molecule is Cc1ccccc1C1CCCN1c1cncc(Nc2nccs2)n1. The number of aryl methyl sites for hydroxylation is 1. The Balaban J connectivity index is 1.61. The molecule has 1 fully saturated rings. The molecule has 1 unspecified atom stereocenters. The number of aromatic nitrogens is 3. The lowest BCUT2D eigenvalue weighted by Crippen LogP contribution is -2.24. The van der Waals surface area contributed by atoms with Crippen LogP contribution >= 0.6 is 11.3 Å². The zero-order valence-corrected chi connectivity index (χ0v) is 14.3. The molecule has 3 aromatic rings. The molecule has 6 heteroatoms. The van der Waals surface area contributed by atoms with E-state index in [1.54, 1.807) is 23.7 Å². The van der Waals surface area contributed by atoms with Gasteiger partial charge in [-0.3, -0.25) is 4.98 Å². The van der Waals surface area contributed by atoms with E-state index in [1.165, 1.54) is 17.5 Å². The maximum absolute atomic E-state index is 4.75. The summed E-state index contributed by atoms with van der Waals surface area (Å²) in [4.78, 5) is 15.7. The van der Waals surface area contributed by atoms with Crippen LogP contribution in [-0.4, -0.2) is 21.5 Å². The van der Waals surface area contributed by atoms with Crippen molar-refractivity contribution in [3.63, 3.8) is 0 Å². The van der Waals surface area contributed by atoms with Gasteiger partial charge in [0.2, 0.25) is 0 Å². The quantitative estimate of drug-likeness (QED) is 0.768. The van der Waals surface area contributed by atoms with Gasteiger partial charge in [-0.25, -0.2) is 9.97 Å². The highest BCUT2D eigenvalue weighted by molar-refractivity contribution is 7.13. The van der Waals surface area contributed by atoms with Gasteiger partial charge in [-0.15, -0.1) is 11.3 Å². The summed E-state index contributed by atoms with van der Waals surface area (Å²) in [5.74, 6) is 1.65. The van der Waals surface area contributed by atoms with Crippen molar-refractivity contribution >= 4 is 28.1 Å². The Morgan fingerprint density at radius 3 is 3.00 bits per heavy atom. The lowest BCUT2D eigenvalue weighted by Gasteiger charge is -2.27. The summed E-state index contributed by atoms with van der Waals surface area (Å²) in [6.45, 7) is 3.19. The van der Waals surface area contributed by atoms with E-state index >= 15 is 0 Å². The second kappa shape index (κ2) is 6.57. The molecule has 5 nitrogen and oxygen atoms in total. The lowest BCUT2D eigenvalue weighted by molar-refractivity contribution is 0.705. The maximum atomic E-state index is 4.75. The van der Waals surface area contributed by atoms with Gasteiger partial charge in [-0.1, -0.05) is 24.3 Å². The third-order valence-corrected chi connectivity index (χ3v) is 5.07. The van der Waals surface area contributed by atoms with Crippen molar-refractivity contribution in [2.75, 3.05) is 16.8 Å². The third kappa shape index (κ3) is 2.97. The molecule has 0 bridgehead atoms. The number of rotatable bonds is 4. The van der Waals surface area contributed by atoms with Crippen LogP contribution < -0.4 is 10.2 Å². The topological polar surface area (TPSA) is 53.9 Å². The second-order valence-corrected chi connectivity index (χ2v) is 6.83. The van der Waals surface area contributed by atoms with Gasteiger partial charge in [0.1, 0.15) is 5.82 Å². The van der Waals surface area contributed by atoms with Crippen molar-refractivity contribution < 1.29 is 0 Å². The van der Waals surface area contributed by atoms with Crippen LogP contribution in [0.1, 0.15) is 30.0 Å². The van der Waals surface area contributed by atoms with Crippen molar-refractivity contribution in [3.8, 4) is 0 Å². The zero-order chi connectivity index (χ0) is 16.4. The van der Waals surface area contributed by atoms with Gasteiger partial charge in [0.15, 0.2) is 10.9 Å². The third-order valence-electron chi connectivity index (χ3n) is 4.38. The first-order valence-corrected chi connectivity index (χ1v) is 9.00. The minimum atomic E-state index is 0.371. The van der Waals surface area contributed by atoms with Crippen LogP contribution in [0.2, 0.25) is 0 Å². The maximum Gasteiger partial charge on any atom is 0.188 e. The first kappa shape index (κ1) is 15.1. The van der Waals surface area contributed by atoms with Crippen LogP contribution in [-0.2, 0) is 0 Å². The molecule has 3 heterocycles. The van der Waals surface area contributed by atoms with Crippen LogP contribution in [0.5, 0.6) is 0 Å². The molecule has 0 aliphatic carbocycles. The molecule has 0 amide bonds. The number of hydrogen-bond acceptors (Lipinski definition) is 6. The number of nitrogens with zero attached hydrogens (tertiary/aromatic N) is 4. The molecule has 4 rings (SSSR count). The van der Waals surface area contributed by atoms with Crippen molar-refractivity contribution in [2.24, 2.45) is 0 Å². The van der Waals surface area contributed by atoms with Gasteiger partial charge in [-0.05, 0) is 30.9 Å².